The van der Waals surface area contributed by atoms with E-state index in [4.69, 9.17) is 0 Å². The Labute approximate surface area is 175 Å². The van der Waals surface area contributed by atoms with Crippen molar-refractivity contribution in [3.05, 3.63) is 54.1 Å². The maximum atomic E-state index is 13.9. The quantitative estimate of drug-likeness (QED) is 0.698. The largest absolute Gasteiger partial charge is 0.340 e. The average Bonchev–Trinajstić information content (AvgIpc) is 2.72. The lowest BCUT2D eigenvalue weighted by molar-refractivity contribution is -0.130. The van der Waals surface area contributed by atoms with Crippen molar-refractivity contribution in [2.45, 2.75) is 26.2 Å². The second-order valence-corrected chi connectivity index (χ2v) is 7.55. The molecule has 0 saturated carbocycles. The zero-order valence-corrected chi connectivity index (χ0v) is 17.2. The molecule has 0 spiro atoms. The summed E-state index contributed by atoms with van der Waals surface area (Å²) in [6.07, 6.45) is 2.15. The fourth-order valence-corrected chi connectivity index (χ4v) is 3.59. The van der Waals surface area contributed by atoms with Crippen molar-refractivity contribution in [2.75, 3.05) is 38.0 Å². The van der Waals surface area contributed by atoms with E-state index in [0.717, 1.165) is 51.6 Å². The number of benzene rings is 2. The summed E-state index contributed by atoms with van der Waals surface area (Å²) in [5.74, 6) is -1.16. The molecule has 0 unspecified atom stereocenters. The van der Waals surface area contributed by atoms with Gasteiger partial charge < -0.3 is 10.2 Å². The number of rotatable bonds is 7. The van der Waals surface area contributed by atoms with Gasteiger partial charge in [-0.3, -0.25) is 14.5 Å². The maximum Gasteiger partial charge on any atom is 0.224 e. The first-order chi connectivity index (χ1) is 14.4. The molecule has 2 aromatic rings. The van der Waals surface area contributed by atoms with Gasteiger partial charge in [-0.05, 0) is 49.2 Å². The van der Waals surface area contributed by atoms with Gasteiger partial charge in [0.05, 0.1) is 0 Å². The van der Waals surface area contributed by atoms with Gasteiger partial charge in [-0.1, -0.05) is 12.1 Å². The van der Waals surface area contributed by atoms with Crippen LogP contribution in [0.4, 0.5) is 14.5 Å². The molecule has 2 aromatic carbocycles. The van der Waals surface area contributed by atoms with Crippen LogP contribution in [-0.2, 0) is 9.59 Å². The van der Waals surface area contributed by atoms with Crippen LogP contribution in [0.5, 0.6) is 0 Å². The minimum atomic E-state index is -0.616. The number of halogens is 2. The molecular formula is C23H27F2N3O2. The molecule has 30 heavy (non-hydrogen) atoms. The summed E-state index contributed by atoms with van der Waals surface area (Å²) >= 11 is 0. The molecule has 1 aliphatic rings. The minimum Gasteiger partial charge on any atom is -0.340 e. The van der Waals surface area contributed by atoms with Gasteiger partial charge in [0.25, 0.3) is 0 Å². The van der Waals surface area contributed by atoms with E-state index in [0.29, 0.717) is 23.2 Å². The molecule has 2 amide bonds. The van der Waals surface area contributed by atoms with Crippen LogP contribution in [0.2, 0.25) is 0 Å². The first-order valence-electron chi connectivity index (χ1n) is 10.3. The van der Waals surface area contributed by atoms with Crippen LogP contribution in [0.15, 0.2) is 42.5 Å². The van der Waals surface area contributed by atoms with Gasteiger partial charge >= 0.3 is 0 Å². The number of nitrogens with zero attached hydrogens (tertiary/aromatic N) is 2. The highest BCUT2D eigenvalue weighted by Crippen LogP contribution is 2.25. The van der Waals surface area contributed by atoms with E-state index in [9.17, 15) is 18.4 Å². The van der Waals surface area contributed by atoms with E-state index < -0.39 is 11.6 Å². The SMILES string of the molecule is CC(=O)N1CCN(CCCCC(=O)Nc2ccc(-c3ccc(F)cc3F)cc2)CC1. The maximum absolute atomic E-state index is 13.9. The summed E-state index contributed by atoms with van der Waals surface area (Å²) in [5.41, 5.74) is 1.58. The molecule has 1 aliphatic heterocycles. The van der Waals surface area contributed by atoms with Crippen molar-refractivity contribution < 1.29 is 18.4 Å². The lowest BCUT2D eigenvalue weighted by atomic mass is 10.0. The highest BCUT2D eigenvalue weighted by atomic mass is 19.1. The second-order valence-electron chi connectivity index (χ2n) is 7.55. The molecule has 160 valence electrons. The minimum absolute atomic E-state index is 0.0582. The fraction of sp³-hybridized carbons (Fsp3) is 0.391. The van der Waals surface area contributed by atoms with Crippen LogP contribution in [0.25, 0.3) is 11.1 Å². The Morgan fingerprint density at radius 3 is 2.30 bits per heavy atom. The Bertz CT molecular complexity index is 879. The normalized spacial score (nSPS) is 14.6. The van der Waals surface area contributed by atoms with Crippen molar-refractivity contribution >= 4 is 17.5 Å². The van der Waals surface area contributed by atoms with Crippen LogP contribution in [0, 0.1) is 11.6 Å². The van der Waals surface area contributed by atoms with Crippen molar-refractivity contribution in [3.8, 4) is 11.1 Å². The Kier molecular flexibility index (Phi) is 7.52. The molecule has 1 saturated heterocycles. The third-order valence-electron chi connectivity index (χ3n) is 5.36. The van der Waals surface area contributed by atoms with E-state index in [-0.39, 0.29) is 11.8 Å². The molecule has 3 rings (SSSR count). The number of hydrogen-bond acceptors (Lipinski definition) is 3. The fourth-order valence-electron chi connectivity index (χ4n) is 3.59. The number of unbranched alkanes of at least 4 members (excludes halogenated alkanes) is 1. The molecular weight excluding hydrogens is 388 g/mol. The second kappa shape index (κ2) is 10.3. The van der Waals surface area contributed by atoms with Crippen LogP contribution in [-0.4, -0.2) is 54.3 Å². The number of anilines is 1. The molecule has 5 nitrogen and oxygen atoms in total. The van der Waals surface area contributed by atoms with Crippen LogP contribution < -0.4 is 5.32 Å². The molecule has 0 bridgehead atoms. The molecule has 0 aromatic heterocycles. The van der Waals surface area contributed by atoms with Crippen LogP contribution in [0.1, 0.15) is 26.2 Å². The Hall–Kier alpha value is -2.80. The van der Waals surface area contributed by atoms with Gasteiger partial charge in [0.1, 0.15) is 11.6 Å². The summed E-state index contributed by atoms with van der Waals surface area (Å²) < 4.78 is 26.9. The van der Waals surface area contributed by atoms with E-state index in [1.54, 1.807) is 31.2 Å². The zero-order valence-electron chi connectivity index (χ0n) is 17.2. The highest BCUT2D eigenvalue weighted by molar-refractivity contribution is 5.91. The van der Waals surface area contributed by atoms with Gasteiger partial charge in [0, 0.05) is 56.8 Å². The molecule has 0 aliphatic carbocycles. The van der Waals surface area contributed by atoms with Crippen LogP contribution >= 0.6 is 0 Å². The summed E-state index contributed by atoms with van der Waals surface area (Å²) in [5, 5.41) is 2.85. The zero-order chi connectivity index (χ0) is 21.5. The molecule has 7 heteroatoms. The van der Waals surface area contributed by atoms with E-state index >= 15 is 0 Å². The number of nitrogens with one attached hydrogen (secondary N) is 1. The predicted octanol–water partition coefficient (Wildman–Crippen LogP) is 3.90. The standard InChI is InChI=1S/C23H27F2N3O2/c1-17(29)28-14-12-27(13-15-28)11-3-2-4-23(30)26-20-8-5-18(6-9-20)21-10-7-19(24)16-22(21)25/h5-10,16H,2-4,11-15H2,1H3,(H,26,30). The number of carbonyl (C=O) groups excluding carboxylic acids is 2. The van der Waals surface area contributed by atoms with E-state index in [2.05, 4.69) is 10.2 Å². The molecule has 0 radical (unpaired) electrons. The number of hydrogen-bond donors (Lipinski definition) is 1. The van der Waals surface area contributed by atoms with E-state index in [1.165, 1.54) is 12.1 Å². The molecule has 0 atom stereocenters. The predicted molar refractivity (Wildman–Crippen MR) is 113 cm³/mol. The van der Waals surface area contributed by atoms with Crippen molar-refractivity contribution in [3.63, 3.8) is 0 Å². The Balaban J connectivity index is 1.38. The third-order valence-corrected chi connectivity index (χ3v) is 5.36. The van der Waals surface area contributed by atoms with Crippen LogP contribution in [0.3, 0.4) is 0 Å². The molecule has 1 heterocycles. The number of amides is 2. The summed E-state index contributed by atoms with van der Waals surface area (Å²) in [4.78, 5) is 27.7. The third kappa shape index (κ3) is 6.10. The number of piperazine rings is 1. The van der Waals surface area contributed by atoms with Gasteiger partial charge in [-0.2, -0.15) is 0 Å². The molecule has 1 fully saturated rings. The Morgan fingerprint density at radius 2 is 1.67 bits per heavy atom. The van der Waals surface area contributed by atoms with Crippen molar-refractivity contribution in [1.82, 2.24) is 9.80 Å². The first-order valence-corrected chi connectivity index (χ1v) is 10.3. The summed E-state index contributed by atoms with van der Waals surface area (Å²) in [7, 11) is 0. The molecule has 1 N–H and O–H groups in total. The topological polar surface area (TPSA) is 52.7 Å². The Morgan fingerprint density at radius 1 is 0.967 bits per heavy atom. The number of carbonyl (C=O) groups is 2. The smallest absolute Gasteiger partial charge is 0.224 e. The highest BCUT2D eigenvalue weighted by Gasteiger charge is 2.17. The average molecular weight is 415 g/mol. The van der Waals surface area contributed by atoms with Crippen molar-refractivity contribution in [1.29, 1.82) is 0 Å². The van der Waals surface area contributed by atoms with Gasteiger partial charge in [-0.15, -0.1) is 0 Å². The van der Waals surface area contributed by atoms with Crippen molar-refractivity contribution in [2.24, 2.45) is 0 Å². The lowest BCUT2D eigenvalue weighted by Gasteiger charge is -2.34. The summed E-state index contributed by atoms with van der Waals surface area (Å²) in [6.45, 7) is 5.83. The van der Waals surface area contributed by atoms with Gasteiger partial charge in [0.2, 0.25) is 11.8 Å². The van der Waals surface area contributed by atoms with Gasteiger partial charge in [0.15, 0.2) is 0 Å². The monoisotopic (exact) mass is 415 g/mol. The first kappa shape index (κ1) is 21.9. The van der Waals surface area contributed by atoms with Gasteiger partial charge in [-0.25, -0.2) is 8.78 Å². The lowest BCUT2D eigenvalue weighted by Crippen LogP contribution is -2.48. The summed E-state index contributed by atoms with van der Waals surface area (Å²) in [6, 6.07) is 10.3. The van der Waals surface area contributed by atoms with E-state index in [1.807, 2.05) is 4.90 Å².